The van der Waals surface area contributed by atoms with Crippen LogP contribution in [0.5, 0.6) is 0 Å². The van der Waals surface area contributed by atoms with Gasteiger partial charge in [-0.3, -0.25) is 4.99 Å². The average Bonchev–Trinajstić information content (AvgIpc) is 3.10. The van der Waals surface area contributed by atoms with Gasteiger partial charge in [0.25, 0.3) is 0 Å². The van der Waals surface area contributed by atoms with Crippen LogP contribution in [0.1, 0.15) is 24.3 Å². The third-order valence-electron chi connectivity index (χ3n) is 3.29. The van der Waals surface area contributed by atoms with Gasteiger partial charge in [0, 0.05) is 25.0 Å². The first kappa shape index (κ1) is 13.6. The first-order valence-corrected chi connectivity index (χ1v) is 6.13. The predicted molar refractivity (Wildman–Crippen MR) is 81.0 cm³/mol. The maximum Gasteiger partial charge on any atom is 0.191 e. The monoisotopic (exact) mass is 361 g/mol. The van der Waals surface area contributed by atoms with Gasteiger partial charge in [-0.1, -0.05) is 12.1 Å². The van der Waals surface area contributed by atoms with Crippen molar-refractivity contribution in [2.45, 2.75) is 24.8 Å². The fraction of sp³-hybridized carbons (Fsp3) is 0.462. The lowest BCUT2D eigenvalue weighted by molar-refractivity contribution is 0.625. The highest BCUT2D eigenvalue weighted by Gasteiger charge is 2.39. The number of aliphatic imine (C=N–C) groups is 1. The summed E-state index contributed by atoms with van der Waals surface area (Å²) in [6, 6.07) is 7.28. The summed E-state index contributed by atoms with van der Waals surface area (Å²) in [7, 11) is 0. The number of benzene rings is 1. The molecule has 18 heavy (non-hydrogen) atoms. The van der Waals surface area contributed by atoms with Gasteiger partial charge >= 0.3 is 0 Å². The molecule has 1 aromatic carbocycles. The van der Waals surface area contributed by atoms with E-state index in [1.54, 1.807) is 12.1 Å². The summed E-state index contributed by atoms with van der Waals surface area (Å²) in [5.74, 6) is 1.18. The van der Waals surface area contributed by atoms with Crippen LogP contribution in [0.15, 0.2) is 29.3 Å². The molecule has 1 aliphatic carbocycles. The van der Waals surface area contributed by atoms with Crippen molar-refractivity contribution in [2.75, 3.05) is 13.1 Å². The third kappa shape index (κ3) is 3.13. The molecule has 0 bridgehead atoms. The third-order valence-corrected chi connectivity index (χ3v) is 3.29. The quantitative estimate of drug-likeness (QED) is 0.793. The molecule has 2 aliphatic rings. The molecule has 5 heteroatoms. The number of nitrogens with zero attached hydrogens (tertiary/aromatic N) is 1. The van der Waals surface area contributed by atoms with Crippen LogP contribution >= 0.6 is 24.0 Å². The molecule has 1 aromatic rings. The molecule has 1 fully saturated rings. The molecule has 0 amide bonds. The van der Waals surface area contributed by atoms with Gasteiger partial charge in [-0.05, 0) is 30.5 Å². The highest BCUT2D eigenvalue weighted by molar-refractivity contribution is 14.0. The molecule has 1 heterocycles. The Morgan fingerprint density at radius 3 is 3.00 bits per heavy atom. The van der Waals surface area contributed by atoms with Gasteiger partial charge in [0.15, 0.2) is 5.96 Å². The van der Waals surface area contributed by atoms with E-state index in [0.717, 1.165) is 37.5 Å². The number of guanidine groups is 1. The van der Waals surface area contributed by atoms with E-state index in [9.17, 15) is 4.39 Å². The molecule has 0 spiro atoms. The molecule has 1 saturated carbocycles. The predicted octanol–water partition coefficient (Wildman–Crippen LogP) is 2.24. The minimum atomic E-state index is -0.152. The topological polar surface area (TPSA) is 36.4 Å². The summed E-state index contributed by atoms with van der Waals surface area (Å²) in [4.78, 5) is 4.38. The molecule has 2 N–H and O–H groups in total. The second-order valence-corrected chi connectivity index (χ2v) is 4.66. The largest absolute Gasteiger partial charge is 0.356 e. The van der Waals surface area contributed by atoms with E-state index >= 15 is 0 Å². The summed E-state index contributed by atoms with van der Waals surface area (Å²) in [5, 5.41) is 6.62. The molecule has 2 atom stereocenters. The second-order valence-electron chi connectivity index (χ2n) is 4.66. The molecule has 0 radical (unpaired) electrons. The summed E-state index contributed by atoms with van der Waals surface area (Å²) < 4.78 is 13.1. The Morgan fingerprint density at radius 2 is 2.28 bits per heavy atom. The number of rotatable bonds is 2. The van der Waals surface area contributed by atoms with Crippen LogP contribution in [0.2, 0.25) is 0 Å². The fourth-order valence-electron chi connectivity index (χ4n) is 2.27. The molecule has 1 aliphatic heterocycles. The Balaban J connectivity index is 0.00000120. The SMILES string of the molecule is Fc1cccc([C@@H]2C[C@H]2NC2=NCCCN2)c1.I. The van der Waals surface area contributed by atoms with Crippen molar-refractivity contribution < 1.29 is 4.39 Å². The van der Waals surface area contributed by atoms with E-state index < -0.39 is 0 Å². The van der Waals surface area contributed by atoms with Gasteiger partial charge in [0.05, 0.1) is 0 Å². The Kier molecular flexibility index (Phi) is 4.42. The number of nitrogens with one attached hydrogen (secondary N) is 2. The van der Waals surface area contributed by atoms with Crippen molar-refractivity contribution >= 4 is 29.9 Å². The molecule has 3 rings (SSSR count). The van der Waals surface area contributed by atoms with Crippen LogP contribution in [-0.2, 0) is 0 Å². The van der Waals surface area contributed by atoms with Crippen molar-refractivity contribution in [3.05, 3.63) is 35.6 Å². The van der Waals surface area contributed by atoms with Gasteiger partial charge in [-0.25, -0.2) is 4.39 Å². The number of hydrogen-bond donors (Lipinski definition) is 2. The van der Waals surface area contributed by atoms with Crippen LogP contribution in [0, 0.1) is 5.82 Å². The maximum absolute atomic E-state index is 13.1. The van der Waals surface area contributed by atoms with Gasteiger partial charge in [0.1, 0.15) is 5.82 Å². The molecule has 0 saturated heterocycles. The second kappa shape index (κ2) is 5.86. The number of halogens is 2. The first-order valence-electron chi connectivity index (χ1n) is 6.13. The van der Waals surface area contributed by atoms with Crippen LogP contribution < -0.4 is 10.6 Å². The zero-order valence-corrected chi connectivity index (χ0v) is 12.4. The van der Waals surface area contributed by atoms with E-state index in [4.69, 9.17) is 0 Å². The van der Waals surface area contributed by atoms with E-state index in [0.29, 0.717) is 12.0 Å². The Labute approximate surface area is 123 Å². The summed E-state index contributed by atoms with van der Waals surface area (Å²) >= 11 is 0. The van der Waals surface area contributed by atoms with Crippen molar-refractivity contribution in [3.63, 3.8) is 0 Å². The average molecular weight is 361 g/mol. The zero-order chi connectivity index (χ0) is 11.7. The van der Waals surface area contributed by atoms with E-state index in [-0.39, 0.29) is 29.8 Å². The Bertz CT molecular complexity index is 450. The highest BCUT2D eigenvalue weighted by Crippen LogP contribution is 2.40. The first-order chi connectivity index (χ1) is 8.33. The molecule has 3 nitrogen and oxygen atoms in total. The van der Waals surface area contributed by atoms with Crippen LogP contribution in [0.4, 0.5) is 4.39 Å². The summed E-state index contributed by atoms with van der Waals surface area (Å²) in [5.41, 5.74) is 1.08. The lowest BCUT2D eigenvalue weighted by Gasteiger charge is -2.16. The van der Waals surface area contributed by atoms with Crippen LogP contribution in [-0.4, -0.2) is 25.1 Å². The minimum Gasteiger partial charge on any atom is -0.356 e. The summed E-state index contributed by atoms with van der Waals surface area (Å²) in [6.07, 6.45) is 2.16. The van der Waals surface area contributed by atoms with Crippen molar-refractivity contribution in [3.8, 4) is 0 Å². The van der Waals surface area contributed by atoms with E-state index in [1.165, 1.54) is 6.07 Å². The van der Waals surface area contributed by atoms with Gasteiger partial charge in [-0.15, -0.1) is 24.0 Å². The fourth-order valence-corrected chi connectivity index (χ4v) is 2.27. The van der Waals surface area contributed by atoms with E-state index in [1.807, 2.05) is 6.07 Å². The lowest BCUT2D eigenvalue weighted by Crippen LogP contribution is -2.42. The van der Waals surface area contributed by atoms with Gasteiger partial charge < -0.3 is 10.6 Å². The smallest absolute Gasteiger partial charge is 0.191 e. The highest BCUT2D eigenvalue weighted by atomic mass is 127. The van der Waals surface area contributed by atoms with Crippen molar-refractivity contribution in [1.29, 1.82) is 0 Å². The Hall–Kier alpha value is -0.850. The Morgan fingerprint density at radius 1 is 1.39 bits per heavy atom. The molecule has 0 unspecified atom stereocenters. The molecule has 98 valence electrons. The zero-order valence-electron chi connectivity index (χ0n) is 10.0. The molecular formula is C13H17FIN3. The minimum absolute atomic E-state index is 0. The molecule has 0 aromatic heterocycles. The van der Waals surface area contributed by atoms with Crippen LogP contribution in [0.25, 0.3) is 0 Å². The van der Waals surface area contributed by atoms with Gasteiger partial charge in [-0.2, -0.15) is 0 Å². The van der Waals surface area contributed by atoms with E-state index in [2.05, 4.69) is 15.6 Å². The maximum atomic E-state index is 13.1. The van der Waals surface area contributed by atoms with Crippen molar-refractivity contribution in [2.24, 2.45) is 4.99 Å². The standard InChI is InChI=1S/C13H16FN3.HI/c14-10-4-1-3-9(7-10)11-8-12(11)17-13-15-5-2-6-16-13;/h1,3-4,7,11-12H,2,5-6,8H2,(H2,15,16,17);1H/t11-,12+;/m0./s1. The molecular weight excluding hydrogens is 344 g/mol. The van der Waals surface area contributed by atoms with Crippen LogP contribution in [0.3, 0.4) is 0 Å². The normalized spacial score (nSPS) is 25.5. The summed E-state index contributed by atoms with van der Waals surface area (Å²) in [6.45, 7) is 1.88. The van der Waals surface area contributed by atoms with Gasteiger partial charge in [0.2, 0.25) is 0 Å². The van der Waals surface area contributed by atoms with Crippen molar-refractivity contribution in [1.82, 2.24) is 10.6 Å². The lowest BCUT2D eigenvalue weighted by atomic mass is 10.1. The number of hydrogen-bond acceptors (Lipinski definition) is 3.